The highest BCUT2D eigenvalue weighted by Gasteiger charge is 2.16. The van der Waals surface area contributed by atoms with Gasteiger partial charge in [-0.15, -0.1) is 0 Å². The molecule has 0 saturated heterocycles. The third-order valence-corrected chi connectivity index (χ3v) is 2.53. The molecule has 0 aliphatic heterocycles. The van der Waals surface area contributed by atoms with Crippen molar-refractivity contribution in [2.24, 2.45) is 5.73 Å². The van der Waals surface area contributed by atoms with Crippen LogP contribution >= 0.6 is 0 Å². The van der Waals surface area contributed by atoms with E-state index < -0.39 is 6.04 Å². The normalized spacial score (nSPS) is 12.6. The number of rotatable bonds is 3. The highest BCUT2D eigenvalue weighted by molar-refractivity contribution is 5.54. The molecule has 0 aromatic heterocycles. The number of aryl methyl sites for hydroxylation is 1. The van der Waals surface area contributed by atoms with Gasteiger partial charge in [0.2, 0.25) is 0 Å². The van der Waals surface area contributed by atoms with Crippen LogP contribution in [-0.2, 0) is 0 Å². The summed E-state index contributed by atoms with van der Waals surface area (Å²) in [6.45, 7) is 3.45. The monoisotopic (exact) mass is 211 g/mol. The van der Waals surface area contributed by atoms with Crippen molar-refractivity contribution in [3.05, 3.63) is 22.8 Å². The Bertz CT molecular complexity index is 363. The summed E-state index contributed by atoms with van der Waals surface area (Å²) in [4.78, 5) is 0. The lowest BCUT2D eigenvalue weighted by atomic mass is 9.98. The maximum Gasteiger partial charge on any atom is 0.163 e. The maximum absolute atomic E-state index is 9.73. The van der Waals surface area contributed by atoms with Crippen molar-refractivity contribution in [3.63, 3.8) is 0 Å². The molecular weight excluding hydrogens is 194 g/mol. The van der Waals surface area contributed by atoms with Gasteiger partial charge in [0.05, 0.1) is 19.8 Å². The second-order valence-electron chi connectivity index (χ2n) is 3.58. The Morgan fingerprint density at radius 1 is 1.47 bits per heavy atom. The first kappa shape index (κ1) is 11.8. The molecule has 0 saturated carbocycles. The highest BCUT2D eigenvalue weighted by atomic mass is 16.5. The second kappa shape index (κ2) is 4.51. The summed E-state index contributed by atoms with van der Waals surface area (Å²) >= 11 is 0. The topological polar surface area (TPSA) is 75.7 Å². The Morgan fingerprint density at radius 2 is 2.07 bits per heavy atom. The van der Waals surface area contributed by atoms with Gasteiger partial charge < -0.3 is 20.7 Å². The molecule has 1 unspecified atom stereocenters. The van der Waals surface area contributed by atoms with Gasteiger partial charge in [0, 0.05) is 0 Å². The molecule has 4 N–H and O–H groups in total. The molecule has 1 aromatic rings. The number of aromatic hydroxyl groups is 1. The minimum Gasteiger partial charge on any atom is -0.504 e. The van der Waals surface area contributed by atoms with E-state index in [1.165, 1.54) is 7.11 Å². The number of aliphatic hydroxyl groups is 1. The molecular formula is C11H17NO3. The molecule has 84 valence electrons. The number of methoxy groups -OCH3 is 1. The number of aliphatic hydroxyl groups excluding tert-OH is 1. The zero-order valence-corrected chi connectivity index (χ0v) is 9.24. The molecule has 1 rings (SSSR count). The quantitative estimate of drug-likeness (QED) is 0.697. The van der Waals surface area contributed by atoms with Crippen molar-refractivity contribution >= 4 is 0 Å². The molecule has 0 aliphatic rings. The zero-order chi connectivity index (χ0) is 11.6. The summed E-state index contributed by atoms with van der Waals surface area (Å²) in [5.74, 6) is 0.554. The molecule has 0 amide bonds. The van der Waals surface area contributed by atoms with Gasteiger partial charge in [-0.2, -0.15) is 0 Å². The predicted octanol–water partition coefficient (Wildman–Crippen LogP) is 1.01. The summed E-state index contributed by atoms with van der Waals surface area (Å²) in [5, 5.41) is 18.7. The molecule has 0 fully saturated rings. The van der Waals surface area contributed by atoms with Gasteiger partial charge in [-0.1, -0.05) is 6.07 Å². The van der Waals surface area contributed by atoms with Crippen molar-refractivity contribution in [2.75, 3.05) is 13.7 Å². The molecule has 1 atom stereocenters. The molecule has 0 aliphatic carbocycles. The fourth-order valence-electron chi connectivity index (χ4n) is 1.63. The van der Waals surface area contributed by atoms with Crippen LogP contribution in [0.2, 0.25) is 0 Å². The summed E-state index contributed by atoms with van der Waals surface area (Å²) in [6, 6.07) is 1.33. The van der Waals surface area contributed by atoms with Gasteiger partial charge in [-0.3, -0.25) is 0 Å². The number of nitrogens with two attached hydrogens (primary N) is 1. The minimum atomic E-state index is -0.446. The molecule has 0 bridgehead atoms. The number of phenolic OH excluding ortho intramolecular Hbond substituents is 1. The third-order valence-electron chi connectivity index (χ3n) is 2.53. The lowest BCUT2D eigenvalue weighted by Gasteiger charge is -2.17. The van der Waals surface area contributed by atoms with Crippen LogP contribution in [0.15, 0.2) is 6.07 Å². The number of hydrogen-bond acceptors (Lipinski definition) is 4. The SMILES string of the molecule is COc1c(C)c(C(N)CO)cc(C)c1O. The van der Waals surface area contributed by atoms with Gasteiger partial charge in [-0.05, 0) is 30.5 Å². The Kier molecular flexibility index (Phi) is 3.55. The van der Waals surface area contributed by atoms with Crippen LogP contribution in [0.4, 0.5) is 0 Å². The van der Waals surface area contributed by atoms with E-state index in [1.54, 1.807) is 13.0 Å². The molecule has 0 spiro atoms. The van der Waals surface area contributed by atoms with E-state index in [0.29, 0.717) is 11.3 Å². The minimum absolute atomic E-state index is 0.129. The zero-order valence-electron chi connectivity index (χ0n) is 9.24. The van der Waals surface area contributed by atoms with Crippen LogP contribution in [0.3, 0.4) is 0 Å². The first-order valence-electron chi connectivity index (χ1n) is 4.76. The van der Waals surface area contributed by atoms with E-state index in [-0.39, 0.29) is 12.4 Å². The summed E-state index contributed by atoms with van der Waals surface area (Å²) in [7, 11) is 1.50. The standard InChI is InChI=1S/C11H17NO3/c1-6-4-8(9(12)5-13)7(2)11(15-3)10(6)14/h4,9,13-14H,5,12H2,1-3H3. The Labute approximate surface area is 89.3 Å². The van der Waals surface area contributed by atoms with E-state index in [2.05, 4.69) is 0 Å². The van der Waals surface area contributed by atoms with Crippen LogP contribution in [0, 0.1) is 13.8 Å². The van der Waals surface area contributed by atoms with E-state index in [1.807, 2.05) is 6.92 Å². The van der Waals surface area contributed by atoms with Crippen molar-refractivity contribution in [2.45, 2.75) is 19.9 Å². The summed E-state index contributed by atoms with van der Waals surface area (Å²) < 4.78 is 5.10. The van der Waals surface area contributed by atoms with Crippen LogP contribution in [0.25, 0.3) is 0 Å². The van der Waals surface area contributed by atoms with Crippen molar-refractivity contribution in [1.29, 1.82) is 0 Å². The van der Waals surface area contributed by atoms with E-state index in [9.17, 15) is 5.11 Å². The lowest BCUT2D eigenvalue weighted by Crippen LogP contribution is -2.16. The maximum atomic E-state index is 9.73. The Hall–Kier alpha value is -1.26. The van der Waals surface area contributed by atoms with E-state index in [0.717, 1.165) is 11.1 Å². The number of ether oxygens (including phenoxy) is 1. The van der Waals surface area contributed by atoms with Gasteiger partial charge in [-0.25, -0.2) is 0 Å². The first-order chi connectivity index (χ1) is 7.02. The van der Waals surface area contributed by atoms with Crippen molar-refractivity contribution < 1.29 is 14.9 Å². The van der Waals surface area contributed by atoms with Crippen LogP contribution in [-0.4, -0.2) is 23.9 Å². The van der Waals surface area contributed by atoms with Crippen molar-refractivity contribution in [1.82, 2.24) is 0 Å². The number of phenols is 1. The van der Waals surface area contributed by atoms with Gasteiger partial charge in [0.25, 0.3) is 0 Å². The highest BCUT2D eigenvalue weighted by Crippen LogP contribution is 2.36. The van der Waals surface area contributed by atoms with Crippen LogP contribution < -0.4 is 10.5 Å². The smallest absolute Gasteiger partial charge is 0.163 e. The average molecular weight is 211 g/mol. The van der Waals surface area contributed by atoms with Gasteiger partial charge >= 0.3 is 0 Å². The van der Waals surface area contributed by atoms with E-state index in [4.69, 9.17) is 15.6 Å². The molecule has 15 heavy (non-hydrogen) atoms. The van der Waals surface area contributed by atoms with Crippen LogP contribution in [0.5, 0.6) is 11.5 Å². The fourth-order valence-corrected chi connectivity index (χ4v) is 1.63. The van der Waals surface area contributed by atoms with Crippen LogP contribution in [0.1, 0.15) is 22.7 Å². The molecule has 1 aromatic carbocycles. The Balaban J connectivity index is 3.36. The summed E-state index contributed by atoms with van der Waals surface area (Å²) in [5.41, 5.74) is 8.00. The van der Waals surface area contributed by atoms with Crippen molar-refractivity contribution in [3.8, 4) is 11.5 Å². The largest absolute Gasteiger partial charge is 0.504 e. The first-order valence-corrected chi connectivity index (χ1v) is 4.76. The number of benzene rings is 1. The lowest BCUT2D eigenvalue weighted by molar-refractivity contribution is 0.267. The molecule has 4 nitrogen and oxygen atoms in total. The average Bonchev–Trinajstić information content (AvgIpc) is 2.23. The predicted molar refractivity (Wildman–Crippen MR) is 58.1 cm³/mol. The number of hydrogen-bond donors (Lipinski definition) is 3. The molecule has 0 heterocycles. The second-order valence-corrected chi connectivity index (χ2v) is 3.58. The third kappa shape index (κ3) is 2.06. The Morgan fingerprint density at radius 3 is 2.53 bits per heavy atom. The van der Waals surface area contributed by atoms with Gasteiger partial charge in [0.1, 0.15) is 0 Å². The van der Waals surface area contributed by atoms with E-state index >= 15 is 0 Å². The van der Waals surface area contributed by atoms with Gasteiger partial charge in [0.15, 0.2) is 11.5 Å². The molecule has 0 radical (unpaired) electrons. The summed E-state index contributed by atoms with van der Waals surface area (Å²) in [6.07, 6.45) is 0. The fraction of sp³-hybridized carbons (Fsp3) is 0.455. The molecule has 4 heteroatoms.